The van der Waals surface area contributed by atoms with Crippen molar-refractivity contribution >= 4 is 17.3 Å². The molecule has 0 saturated heterocycles. The largest absolute Gasteiger partial charge is 0.495 e. The standard InChI is InChI=1S/C14H16N4O2/c1-10(19)18-11-3-4-14(20-2)13(7-11)16-8-12-5-6-15-9-17-12/h3-7,9,16H,8H2,1-2H3,(H,18,19). The number of carbonyl (C=O) groups is 1. The van der Waals surface area contributed by atoms with E-state index in [2.05, 4.69) is 20.6 Å². The first-order valence-corrected chi connectivity index (χ1v) is 6.13. The van der Waals surface area contributed by atoms with Crippen LogP contribution in [0.5, 0.6) is 5.75 Å². The predicted octanol–water partition coefficient (Wildman–Crippen LogP) is 2.06. The van der Waals surface area contributed by atoms with Crippen molar-refractivity contribution in [2.75, 3.05) is 17.7 Å². The van der Waals surface area contributed by atoms with Crippen molar-refractivity contribution in [2.24, 2.45) is 0 Å². The molecular weight excluding hydrogens is 256 g/mol. The summed E-state index contributed by atoms with van der Waals surface area (Å²) < 4.78 is 5.29. The van der Waals surface area contributed by atoms with Crippen molar-refractivity contribution in [2.45, 2.75) is 13.5 Å². The number of amides is 1. The quantitative estimate of drug-likeness (QED) is 0.871. The number of hydrogen-bond acceptors (Lipinski definition) is 5. The van der Waals surface area contributed by atoms with Gasteiger partial charge in [-0.25, -0.2) is 9.97 Å². The minimum absolute atomic E-state index is 0.114. The van der Waals surface area contributed by atoms with Crippen LogP contribution >= 0.6 is 0 Å². The van der Waals surface area contributed by atoms with Gasteiger partial charge in [0, 0.05) is 18.8 Å². The van der Waals surface area contributed by atoms with E-state index in [0.29, 0.717) is 18.0 Å². The first-order valence-electron chi connectivity index (χ1n) is 6.13. The van der Waals surface area contributed by atoms with Gasteiger partial charge in [0.05, 0.1) is 25.0 Å². The monoisotopic (exact) mass is 272 g/mol. The van der Waals surface area contributed by atoms with Crippen LogP contribution < -0.4 is 15.4 Å². The van der Waals surface area contributed by atoms with E-state index >= 15 is 0 Å². The third kappa shape index (κ3) is 3.68. The topological polar surface area (TPSA) is 76.1 Å². The summed E-state index contributed by atoms with van der Waals surface area (Å²) in [7, 11) is 1.60. The number of anilines is 2. The van der Waals surface area contributed by atoms with Crippen molar-refractivity contribution in [3.05, 3.63) is 42.5 Å². The molecule has 2 rings (SSSR count). The molecule has 0 aliphatic heterocycles. The maximum Gasteiger partial charge on any atom is 0.221 e. The molecule has 0 radical (unpaired) electrons. The number of aromatic nitrogens is 2. The molecule has 0 atom stereocenters. The molecule has 1 amide bonds. The van der Waals surface area contributed by atoms with E-state index in [1.807, 2.05) is 12.1 Å². The molecule has 0 fully saturated rings. The second kappa shape index (κ2) is 6.51. The van der Waals surface area contributed by atoms with Crippen molar-refractivity contribution in [3.8, 4) is 5.75 Å². The Hall–Kier alpha value is -2.63. The zero-order chi connectivity index (χ0) is 14.4. The third-order valence-corrected chi connectivity index (χ3v) is 2.62. The summed E-state index contributed by atoms with van der Waals surface area (Å²) in [4.78, 5) is 19.1. The molecule has 0 saturated carbocycles. The van der Waals surface area contributed by atoms with E-state index in [1.165, 1.54) is 13.3 Å². The fourth-order valence-corrected chi connectivity index (χ4v) is 1.74. The highest BCUT2D eigenvalue weighted by molar-refractivity contribution is 5.89. The number of ether oxygens (including phenoxy) is 1. The van der Waals surface area contributed by atoms with Gasteiger partial charge in [-0.2, -0.15) is 0 Å². The lowest BCUT2D eigenvalue weighted by molar-refractivity contribution is -0.114. The molecule has 0 unspecified atom stereocenters. The summed E-state index contributed by atoms with van der Waals surface area (Å²) >= 11 is 0. The van der Waals surface area contributed by atoms with Crippen LogP contribution in [0.25, 0.3) is 0 Å². The highest BCUT2D eigenvalue weighted by atomic mass is 16.5. The maximum absolute atomic E-state index is 11.1. The molecule has 0 bridgehead atoms. The fraction of sp³-hybridized carbons (Fsp3) is 0.214. The summed E-state index contributed by atoms with van der Waals surface area (Å²) in [5.41, 5.74) is 2.37. The minimum atomic E-state index is -0.114. The van der Waals surface area contributed by atoms with Gasteiger partial charge in [0.2, 0.25) is 5.91 Å². The van der Waals surface area contributed by atoms with Crippen LogP contribution in [-0.4, -0.2) is 23.0 Å². The summed E-state index contributed by atoms with van der Waals surface area (Å²) in [5.74, 6) is 0.588. The second-order valence-electron chi connectivity index (χ2n) is 4.15. The van der Waals surface area contributed by atoms with Crippen molar-refractivity contribution in [1.82, 2.24) is 9.97 Å². The molecule has 0 aliphatic rings. The number of methoxy groups -OCH3 is 1. The maximum atomic E-state index is 11.1. The summed E-state index contributed by atoms with van der Waals surface area (Å²) in [6.45, 7) is 2.01. The van der Waals surface area contributed by atoms with E-state index in [1.54, 1.807) is 25.4 Å². The third-order valence-electron chi connectivity index (χ3n) is 2.62. The zero-order valence-corrected chi connectivity index (χ0v) is 11.4. The molecular formula is C14H16N4O2. The minimum Gasteiger partial charge on any atom is -0.495 e. The van der Waals surface area contributed by atoms with E-state index in [4.69, 9.17) is 4.74 Å². The van der Waals surface area contributed by atoms with Crippen molar-refractivity contribution < 1.29 is 9.53 Å². The van der Waals surface area contributed by atoms with Crippen LogP contribution in [0.15, 0.2) is 36.8 Å². The number of nitrogens with zero attached hydrogens (tertiary/aromatic N) is 2. The zero-order valence-electron chi connectivity index (χ0n) is 11.4. The fourth-order valence-electron chi connectivity index (χ4n) is 1.74. The van der Waals surface area contributed by atoms with Gasteiger partial charge in [-0.15, -0.1) is 0 Å². The highest BCUT2D eigenvalue weighted by Crippen LogP contribution is 2.28. The normalized spacial score (nSPS) is 9.90. The van der Waals surface area contributed by atoms with Gasteiger partial charge in [-0.05, 0) is 24.3 Å². The van der Waals surface area contributed by atoms with Crippen LogP contribution in [0, 0.1) is 0 Å². The molecule has 104 valence electrons. The lowest BCUT2D eigenvalue weighted by Crippen LogP contribution is -2.07. The van der Waals surface area contributed by atoms with E-state index < -0.39 is 0 Å². The first-order chi connectivity index (χ1) is 9.69. The van der Waals surface area contributed by atoms with Gasteiger partial charge in [0.1, 0.15) is 12.1 Å². The number of nitrogens with one attached hydrogen (secondary N) is 2. The number of rotatable bonds is 5. The predicted molar refractivity (Wildman–Crippen MR) is 76.7 cm³/mol. The Morgan fingerprint density at radius 1 is 1.35 bits per heavy atom. The van der Waals surface area contributed by atoms with Gasteiger partial charge in [-0.3, -0.25) is 4.79 Å². The Kier molecular flexibility index (Phi) is 4.49. The summed E-state index contributed by atoms with van der Waals surface area (Å²) in [6, 6.07) is 7.24. The van der Waals surface area contributed by atoms with Gasteiger partial charge < -0.3 is 15.4 Å². The number of carbonyl (C=O) groups excluding carboxylic acids is 1. The van der Waals surface area contributed by atoms with E-state index in [0.717, 1.165) is 11.4 Å². The molecule has 1 heterocycles. The van der Waals surface area contributed by atoms with Crippen LogP contribution in [-0.2, 0) is 11.3 Å². The molecule has 1 aromatic carbocycles. The molecule has 2 N–H and O–H groups in total. The molecule has 6 nitrogen and oxygen atoms in total. The van der Waals surface area contributed by atoms with Gasteiger partial charge in [0.15, 0.2) is 0 Å². The van der Waals surface area contributed by atoms with Crippen LogP contribution in [0.3, 0.4) is 0 Å². The SMILES string of the molecule is COc1ccc(NC(C)=O)cc1NCc1ccncn1. The van der Waals surface area contributed by atoms with Gasteiger partial charge >= 0.3 is 0 Å². The average molecular weight is 272 g/mol. The van der Waals surface area contributed by atoms with Crippen LogP contribution in [0.2, 0.25) is 0 Å². The molecule has 0 aliphatic carbocycles. The summed E-state index contributed by atoms with van der Waals surface area (Å²) in [6.07, 6.45) is 3.19. The Morgan fingerprint density at radius 2 is 2.20 bits per heavy atom. The van der Waals surface area contributed by atoms with Gasteiger partial charge in [-0.1, -0.05) is 0 Å². The Balaban J connectivity index is 2.13. The molecule has 20 heavy (non-hydrogen) atoms. The number of benzene rings is 1. The van der Waals surface area contributed by atoms with Gasteiger partial charge in [0.25, 0.3) is 0 Å². The molecule has 6 heteroatoms. The van der Waals surface area contributed by atoms with Crippen molar-refractivity contribution in [1.29, 1.82) is 0 Å². The Labute approximate surface area is 117 Å². The van der Waals surface area contributed by atoms with E-state index in [9.17, 15) is 4.79 Å². The van der Waals surface area contributed by atoms with Crippen LogP contribution in [0.1, 0.15) is 12.6 Å². The lowest BCUT2D eigenvalue weighted by atomic mass is 10.2. The molecule has 1 aromatic heterocycles. The number of hydrogen-bond donors (Lipinski definition) is 2. The van der Waals surface area contributed by atoms with E-state index in [-0.39, 0.29) is 5.91 Å². The lowest BCUT2D eigenvalue weighted by Gasteiger charge is -2.12. The second-order valence-corrected chi connectivity index (χ2v) is 4.15. The Bertz CT molecular complexity index is 587. The Morgan fingerprint density at radius 3 is 2.85 bits per heavy atom. The first kappa shape index (κ1) is 13.8. The van der Waals surface area contributed by atoms with Crippen molar-refractivity contribution in [3.63, 3.8) is 0 Å². The molecule has 0 spiro atoms. The smallest absolute Gasteiger partial charge is 0.221 e. The van der Waals surface area contributed by atoms with Crippen LogP contribution in [0.4, 0.5) is 11.4 Å². The molecule has 2 aromatic rings. The average Bonchev–Trinajstić information content (AvgIpc) is 2.46. The summed E-state index contributed by atoms with van der Waals surface area (Å²) in [5, 5.41) is 5.96. The highest BCUT2D eigenvalue weighted by Gasteiger charge is 2.05.